The molecule has 0 saturated carbocycles. The average molecular weight is 370 g/mol. The van der Waals surface area contributed by atoms with Gasteiger partial charge in [0.2, 0.25) is 19.2 Å². The van der Waals surface area contributed by atoms with Crippen LogP contribution in [0.25, 0.3) is 0 Å². The van der Waals surface area contributed by atoms with E-state index < -0.39 is 43.8 Å². The molecule has 0 saturated heterocycles. The lowest BCUT2D eigenvalue weighted by atomic mass is 10.1. The summed E-state index contributed by atoms with van der Waals surface area (Å²) in [6.07, 6.45) is 0.664. The third-order valence-corrected chi connectivity index (χ3v) is 5.29. The van der Waals surface area contributed by atoms with Gasteiger partial charge in [-0.05, 0) is 24.8 Å². The van der Waals surface area contributed by atoms with E-state index in [0.29, 0.717) is 12.8 Å². The lowest BCUT2D eigenvalue weighted by molar-refractivity contribution is -0.143. The van der Waals surface area contributed by atoms with Crippen LogP contribution >= 0.6 is 7.37 Å². The number of nitrogens with two attached hydrogens (primary N) is 1. The van der Waals surface area contributed by atoms with Crippen LogP contribution in [-0.2, 0) is 25.4 Å². The van der Waals surface area contributed by atoms with E-state index in [2.05, 4.69) is 0 Å². The molecule has 0 fully saturated rings. The Kier molecular flexibility index (Phi) is 8.31. The molecule has 0 heterocycles. The van der Waals surface area contributed by atoms with Gasteiger partial charge in [0.1, 0.15) is 12.2 Å². The number of primary amides is 1. The number of hydrogen-bond acceptors (Lipinski definition) is 4. The zero-order valence-corrected chi connectivity index (χ0v) is 14.7. The number of rotatable bonds is 11. The van der Waals surface area contributed by atoms with E-state index in [9.17, 15) is 23.8 Å². The van der Waals surface area contributed by atoms with Gasteiger partial charge in [0, 0.05) is 6.16 Å². The fraction of sp³-hybridized carbons (Fsp3) is 0.438. The van der Waals surface area contributed by atoms with E-state index in [1.54, 1.807) is 0 Å². The second kappa shape index (κ2) is 9.96. The minimum absolute atomic E-state index is 0.0270. The number of aryl methyl sites for hydroxylation is 1. The predicted octanol–water partition coefficient (Wildman–Crippen LogP) is 0.724. The highest BCUT2D eigenvalue weighted by molar-refractivity contribution is 7.58. The number of benzene rings is 1. The van der Waals surface area contributed by atoms with E-state index in [1.807, 2.05) is 35.6 Å². The van der Waals surface area contributed by atoms with Crippen molar-refractivity contribution in [3.8, 4) is 0 Å². The van der Waals surface area contributed by atoms with Crippen LogP contribution in [-0.4, -0.2) is 46.1 Å². The van der Waals surface area contributed by atoms with Gasteiger partial charge in [-0.1, -0.05) is 30.3 Å². The van der Waals surface area contributed by atoms with Crippen LogP contribution in [0.15, 0.2) is 30.3 Å². The monoisotopic (exact) mass is 370 g/mol. The van der Waals surface area contributed by atoms with Crippen molar-refractivity contribution in [3.63, 3.8) is 0 Å². The first-order valence-corrected chi connectivity index (χ1v) is 9.88. The van der Waals surface area contributed by atoms with Crippen LogP contribution in [0.5, 0.6) is 0 Å². The maximum atomic E-state index is 12.1. The van der Waals surface area contributed by atoms with Crippen LogP contribution in [0.1, 0.15) is 24.8 Å². The summed E-state index contributed by atoms with van der Waals surface area (Å²) in [4.78, 5) is 43.3. The SMILES string of the molecule is NC(=O)C[C@H](NC(=O)CP(=O)(O)CCCCc1ccccc1)C(=O)O. The normalized spacial score (nSPS) is 14.3. The molecule has 0 aliphatic rings. The van der Waals surface area contributed by atoms with Gasteiger partial charge >= 0.3 is 5.97 Å². The molecular weight excluding hydrogens is 347 g/mol. The number of carboxylic acids is 1. The number of carbonyl (C=O) groups is 3. The molecular formula is C16H23N2O6P. The van der Waals surface area contributed by atoms with Crippen molar-refractivity contribution in [2.75, 3.05) is 12.3 Å². The first-order chi connectivity index (χ1) is 11.7. The second-order valence-electron chi connectivity index (χ2n) is 5.80. The number of aliphatic carboxylic acids is 1. The van der Waals surface area contributed by atoms with Gasteiger partial charge in [0.05, 0.1) is 6.42 Å². The lowest BCUT2D eigenvalue weighted by Gasteiger charge is -2.15. The van der Waals surface area contributed by atoms with Crippen molar-refractivity contribution in [3.05, 3.63) is 35.9 Å². The summed E-state index contributed by atoms with van der Waals surface area (Å²) in [5, 5.41) is 10.9. The van der Waals surface area contributed by atoms with Crippen molar-refractivity contribution < 1.29 is 28.9 Å². The Hall–Kier alpha value is -2.18. The molecule has 1 aromatic rings. The Morgan fingerprint density at radius 3 is 2.36 bits per heavy atom. The minimum Gasteiger partial charge on any atom is -0.480 e. The maximum absolute atomic E-state index is 12.1. The molecule has 2 amide bonds. The van der Waals surface area contributed by atoms with Gasteiger partial charge < -0.3 is 21.1 Å². The molecule has 0 aliphatic heterocycles. The molecule has 1 rings (SSSR count). The van der Waals surface area contributed by atoms with Crippen LogP contribution in [0.4, 0.5) is 0 Å². The van der Waals surface area contributed by atoms with E-state index in [-0.39, 0.29) is 6.16 Å². The Balaban J connectivity index is 2.39. The van der Waals surface area contributed by atoms with Gasteiger partial charge in [0.25, 0.3) is 0 Å². The standard InChI is InChI=1S/C16H23N2O6P/c17-14(19)10-13(16(21)22)18-15(20)11-25(23,24)9-5-4-8-12-6-2-1-3-7-12/h1-3,6-7,13H,4-5,8-11H2,(H2,17,19)(H,18,20)(H,21,22)(H,23,24)/t13-/m0/s1. The fourth-order valence-corrected chi connectivity index (χ4v) is 3.69. The van der Waals surface area contributed by atoms with Crippen molar-refractivity contribution >= 4 is 25.2 Å². The number of hydrogen-bond donors (Lipinski definition) is 4. The quantitative estimate of drug-likeness (QED) is 0.333. The zero-order valence-electron chi connectivity index (χ0n) is 13.8. The summed E-state index contributed by atoms with van der Waals surface area (Å²) < 4.78 is 12.1. The number of amides is 2. The molecule has 2 atom stereocenters. The van der Waals surface area contributed by atoms with Gasteiger partial charge in [-0.25, -0.2) is 4.79 Å². The minimum atomic E-state index is -3.71. The van der Waals surface area contributed by atoms with Crippen molar-refractivity contribution in [2.45, 2.75) is 31.7 Å². The number of carboxylic acid groups (broad SMARTS) is 1. The number of nitrogens with one attached hydrogen (secondary N) is 1. The van der Waals surface area contributed by atoms with Crippen LogP contribution in [0.3, 0.4) is 0 Å². The van der Waals surface area contributed by atoms with E-state index in [0.717, 1.165) is 12.0 Å². The Morgan fingerprint density at radius 2 is 1.80 bits per heavy atom. The highest BCUT2D eigenvalue weighted by Gasteiger charge is 2.27. The maximum Gasteiger partial charge on any atom is 0.326 e. The molecule has 8 nitrogen and oxygen atoms in total. The molecule has 0 aliphatic carbocycles. The molecule has 138 valence electrons. The molecule has 1 aromatic carbocycles. The number of unbranched alkanes of at least 4 members (excludes halogenated alkanes) is 1. The van der Waals surface area contributed by atoms with Crippen molar-refractivity contribution in [1.82, 2.24) is 5.32 Å². The van der Waals surface area contributed by atoms with E-state index in [1.165, 1.54) is 0 Å². The van der Waals surface area contributed by atoms with Crippen molar-refractivity contribution in [1.29, 1.82) is 0 Å². The summed E-state index contributed by atoms with van der Waals surface area (Å²) in [6, 6.07) is 8.19. The summed E-state index contributed by atoms with van der Waals surface area (Å²) in [7, 11) is -3.71. The predicted molar refractivity (Wildman–Crippen MR) is 92.3 cm³/mol. The zero-order chi connectivity index (χ0) is 18.9. The largest absolute Gasteiger partial charge is 0.480 e. The molecule has 0 spiro atoms. The first kappa shape index (κ1) is 20.9. The second-order valence-corrected chi connectivity index (χ2v) is 8.26. The third kappa shape index (κ3) is 9.02. The highest BCUT2D eigenvalue weighted by atomic mass is 31.2. The van der Waals surface area contributed by atoms with E-state index >= 15 is 0 Å². The van der Waals surface area contributed by atoms with Crippen LogP contribution in [0, 0.1) is 0 Å². The molecule has 9 heteroatoms. The number of carbonyl (C=O) groups excluding carboxylic acids is 2. The van der Waals surface area contributed by atoms with Crippen LogP contribution in [0.2, 0.25) is 0 Å². The van der Waals surface area contributed by atoms with Gasteiger partial charge in [-0.3, -0.25) is 14.2 Å². The summed E-state index contributed by atoms with van der Waals surface area (Å²) in [5.74, 6) is -3.20. The van der Waals surface area contributed by atoms with Gasteiger partial charge in [0.15, 0.2) is 0 Å². The molecule has 1 unspecified atom stereocenters. The molecule has 0 aromatic heterocycles. The Morgan fingerprint density at radius 1 is 1.16 bits per heavy atom. The fourth-order valence-electron chi connectivity index (χ4n) is 2.28. The molecule has 0 bridgehead atoms. The molecule has 25 heavy (non-hydrogen) atoms. The lowest BCUT2D eigenvalue weighted by Crippen LogP contribution is -2.44. The third-order valence-electron chi connectivity index (χ3n) is 3.50. The topological polar surface area (TPSA) is 147 Å². The van der Waals surface area contributed by atoms with Crippen LogP contribution < -0.4 is 11.1 Å². The molecule has 5 N–H and O–H groups in total. The van der Waals surface area contributed by atoms with Gasteiger partial charge in [-0.2, -0.15) is 0 Å². The summed E-state index contributed by atoms with van der Waals surface area (Å²) in [6.45, 7) is 0. The first-order valence-electron chi connectivity index (χ1n) is 7.85. The highest BCUT2D eigenvalue weighted by Crippen LogP contribution is 2.41. The molecule has 0 radical (unpaired) electrons. The van der Waals surface area contributed by atoms with Crippen molar-refractivity contribution in [2.24, 2.45) is 5.73 Å². The summed E-state index contributed by atoms with van der Waals surface area (Å²) in [5.41, 5.74) is 6.03. The Bertz CT molecular complexity index is 649. The summed E-state index contributed by atoms with van der Waals surface area (Å²) >= 11 is 0. The van der Waals surface area contributed by atoms with E-state index in [4.69, 9.17) is 10.8 Å². The average Bonchev–Trinajstić information content (AvgIpc) is 2.51. The van der Waals surface area contributed by atoms with Gasteiger partial charge in [-0.15, -0.1) is 0 Å². The Labute approximate surface area is 145 Å². The smallest absolute Gasteiger partial charge is 0.326 e.